The maximum atomic E-state index is 5.17. The van der Waals surface area contributed by atoms with Crippen LogP contribution in [0, 0.1) is 5.92 Å². The molecule has 0 aliphatic carbocycles. The van der Waals surface area contributed by atoms with E-state index in [1.54, 1.807) is 0 Å². The first kappa shape index (κ1) is 11.3. The molecule has 0 N–H and O–H groups in total. The zero-order valence-electron chi connectivity index (χ0n) is 8.47. The van der Waals surface area contributed by atoms with Crippen LogP contribution in [0.25, 0.3) is 0 Å². The zero-order valence-corrected chi connectivity index (χ0v) is 9.22. The van der Waals surface area contributed by atoms with Crippen molar-refractivity contribution in [2.75, 3.05) is 39.9 Å². The summed E-state index contributed by atoms with van der Waals surface area (Å²) in [6.45, 7) is 6.48. The van der Waals surface area contributed by atoms with Crippen LogP contribution in [0.2, 0.25) is 0 Å². The number of piperidine rings is 3. The van der Waals surface area contributed by atoms with Gasteiger partial charge in [-0.1, -0.05) is 0 Å². The number of rotatable bonds is 3. The molecule has 0 aromatic heterocycles. The van der Waals surface area contributed by atoms with E-state index >= 15 is 0 Å². The predicted molar refractivity (Wildman–Crippen MR) is 48.9 cm³/mol. The minimum absolute atomic E-state index is 0. The fraction of sp³-hybridized carbons (Fsp3) is 1.00. The lowest BCUT2D eigenvalue weighted by Crippen LogP contribution is -3.00. The average Bonchev–Trinajstić information content (AvgIpc) is 2.18. The number of halogens is 1. The summed E-state index contributed by atoms with van der Waals surface area (Å²) in [5.41, 5.74) is 0. The zero-order chi connectivity index (χ0) is 8.44. The third kappa shape index (κ3) is 2.36. The molecular formula is C10H20ClNO. The van der Waals surface area contributed by atoms with Gasteiger partial charge in [-0.2, -0.15) is 0 Å². The molecule has 13 heavy (non-hydrogen) atoms. The van der Waals surface area contributed by atoms with Crippen LogP contribution in [0.1, 0.15) is 19.3 Å². The van der Waals surface area contributed by atoms with Crippen LogP contribution in [-0.4, -0.2) is 44.4 Å². The highest BCUT2D eigenvalue weighted by Gasteiger charge is 2.38. The van der Waals surface area contributed by atoms with Crippen molar-refractivity contribution in [1.29, 1.82) is 0 Å². The summed E-state index contributed by atoms with van der Waals surface area (Å²) >= 11 is 0. The van der Waals surface area contributed by atoms with Crippen molar-refractivity contribution in [3.05, 3.63) is 0 Å². The first-order valence-electron chi connectivity index (χ1n) is 5.19. The minimum atomic E-state index is 0. The molecule has 3 heteroatoms. The first-order valence-corrected chi connectivity index (χ1v) is 5.19. The number of quaternary nitrogens is 1. The quantitative estimate of drug-likeness (QED) is 0.498. The number of methoxy groups -OCH3 is 1. The van der Waals surface area contributed by atoms with Crippen LogP contribution in [-0.2, 0) is 4.74 Å². The van der Waals surface area contributed by atoms with Gasteiger partial charge < -0.3 is 21.6 Å². The lowest BCUT2D eigenvalue weighted by atomic mass is 9.86. The molecule has 0 aromatic carbocycles. The molecule has 0 aromatic rings. The van der Waals surface area contributed by atoms with E-state index < -0.39 is 0 Å². The summed E-state index contributed by atoms with van der Waals surface area (Å²) in [5.74, 6) is 1.08. The van der Waals surface area contributed by atoms with E-state index in [4.69, 9.17) is 4.74 Å². The van der Waals surface area contributed by atoms with Crippen LogP contribution < -0.4 is 12.4 Å². The highest BCUT2D eigenvalue weighted by atomic mass is 35.5. The Balaban J connectivity index is 0.000000845. The van der Waals surface area contributed by atoms with Crippen LogP contribution in [0.4, 0.5) is 0 Å². The average molecular weight is 206 g/mol. The Morgan fingerprint density at radius 1 is 1.15 bits per heavy atom. The molecule has 3 aliphatic heterocycles. The van der Waals surface area contributed by atoms with E-state index in [0.29, 0.717) is 0 Å². The van der Waals surface area contributed by atoms with Gasteiger partial charge in [-0.05, 0) is 25.2 Å². The second-order valence-corrected chi connectivity index (χ2v) is 4.46. The van der Waals surface area contributed by atoms with Gasteiger partial charge in [0, 0.05) is 7.11 Å². The third-order valence-corrected chi connectivity index (χ3v) is 3.80. The maximum Gasteiger partial charge on any atom is 0.102 e. The summed E-state index contributed by atoms with van der Waals surface area (Å²) in [5, 5.41) is 0. The van der Waals surface area contributed by atoms with E-state index in [2.05, 4.69) is 0 Å². The Morgan fingerprint density at radius 2 is 1.69 bits per heavy atom. The largest absolute Gasteiger partial charge is 1.00 e. The fourth-order valence-corrected chi connectivity index (χ4v) is 2.76. The molecule has 0 saturated carbocycles. The Labute approximate surface area is 87.2 Å². The molecule has 0 amide bonds. The van der Waals surface area contributed by atoms with E-state index in [9.17, 15) is 0 Å². The van der Waals surface area contributed by atoms with E-state index in [1.165, 1.54) is 49.9 Å². The Bertz CT molecular complexity index is 141. The van der Waals surface area contributed by atoms with Gasteiger partial charge in [0.05, 0.1) is 26.2 Å². The van der Waals surface area contributed by atoms with Crippen LogP contribution >= 0.6 is 0 Å². The van der Waals surface area contributed by atoms with Gasteiger partial charge >= 0.3 is 0 Å². The van der Waals surface area contributed by atoms with Crippen molar-refractivity contribution in [2.24, 2.45) is 5.92 Å². The highest BCUT2D eigenvalue weighted by molar-refractivity contribution is 4.71. The Kier molecular flexibility index (Phi) is 4.02. The Hall–Kier alpha value is 0.210. The van der Waals surface area contributed by atoms with E-state index in [1.807, 2.05) is 7.11 Å². The smallest absolute Gasteiger partial charge is 0.102 e. The molecule has 3 rings (SSSR count). The second kappa shape index (κ2) is 4.63. The molecular weight excluding hydrogens is 186 g/mol. The number of nitrogens with zero attached hydrogens (tertiary/aromatic N) is 1. The Morgan fingerprint density at radius 3 is 2.15 bits per heavy atom. The molecule has 2 nitrogen and oxygen atoms in total. The lowest BCUT2D eigenvalue weighted by Gasteiger charge is -2.49. The number of fused-ring (bicyclic) bond motifs is 3. The molecule has 0 radical (unpaired) electrons. The SMILES string of the molecule is COCC[N+]12CCC(CC1)CC2.[Cl-]. The molecule has 3 heterocycles. The molecule has 3 saturated heterocycles. The fourth-order valence-electron chi connectivity index (χ4n) is 2.76. The minimum Gasteiger partial charge on any atom is -1.00 e. The van der Waals surface area contributed by atoms with Crippen molar-refractivity contribution >= 4 is 0 Å². The predicted octanol–water partition coefficient (Wildman–Crippen LogP) is -1.73. The second-order valence-electron chi connectivity index (χ2n) is 4.46. The van der Waals surface area contributed by atoms with E-state index in [-0.39, 0.29) is 12.4 Å². The van der Waals surface area contributed by atoms with Crippen LogP contribution in [0.5, 0.6) is 0 Å². The van der Waals surface area contributed by atoms with Crippen molar-refractivity contribution in [1.82, 2.24) is 0 Å². The van der Waals surface area contributed by atoms with Gasteiger partial charge in [0.25, 0.3) is 0 Å². The van der Waals surface area contributed by atoms with Gasteiger partial charge in [0.2, 0.25) is 0 Å². The molecule has 0 unspecified atom stereocenters. The van der Waals surface area contributed by atoms with Crippen LogP contribution in [0.3, 0.4) is 0 Å². The molecule has 2 bridgehead atoms. The molecule has 3 aliphatic rings. The molecule has 0 atom stereocenters. The van der Waals surface area contributed by atoms with Gasteiger partial charge in [-0.3, -0.25) is 0 Å². The van der Waals surface area contributed by atoms with Gasteiger partial charge in [-0.25, -0.2) is 0 Å². The number of hydrogen-bond donors (Lipinski definition) is 0. The normalized spacial score (nSPS) is 37.2. The standard InChI is InChI=1S/C10H20NO.ClH/c1-12-9-8-11-5-2-10(3-6-11)4-7-11;/h10H,2-9H2,1H3;1H/q+1;/p-1. The monoisotopic (exact) mass is 205 g/mol. The molecule has 3 fully saturated rings. The van der Waals surface area contributed by atoms with Gasteiger partial charge in [0.1, 0.15) is 6.54 Å². The van der Waals surface area contributed by atoms with Gasteiger partial charge in [-0.15, -0.1) is 0 Å². The molecule has 78 valence electrons. The maximum absolute atomic E-state index is 5.17. The third-order valence-electron chi connectivity index (χ3n) is 3.80. The van der Waals surface area contributed by atoms with Gasteiger partial charge in [0.15, 0.2) is 0 Å². The summed E-state index contributed by atoms with van der Waals surface area (Å²) in [7, 11) is 1.81. The number of ether oxygens (including phenoxy) is 1. The molecule has 0 spiro atoms. The lowest BCUT2D eigenvalue weighted by molar-refractivity contribution is -0.942. The van der Waals surface area contributed by atoms with Crippen molar-refractivity contribution in [3.8, 4) is 0 Å². The summed E-state index contributed by atoms with van der Waals surface area (Å²) in [6, 6.07) is 0. The highest BCUT2D eigenvalue weighted by Crippen LogP contribution is 2.32. The van der Waals surface area contributed by atoms with Crippen molar-refractivity contribution < 1.29 is 21.6 Å². The van der Waals surface area contributed by atoms with Crippen molar-refractivity contribution in [3.63, 3.8) is 0 Å². The topological polar surface area (TPSA) is 9.23 Å². The van der Waals surface area contributed by atoms with Crippen molar-refractivity contribution in [2.45, 2.75) is 19.3 Å². The first-order chi connectivity index (χ1) is 5.85. The summed E-state index contributed by atoms with van der Waals surface area (Å²) < 4.78 is 6.54. The summed E-state index contributed by atoms with van der Waals surface area (Å²) in [4.78, 5) is 0. The number of hydrogen-bond acceptors (Lipinski definition) is 1. The summed E-state index contributed by atoms with van der Waals surface area (Å²) in [6.07, 6.45) is 4.43. The van der Waals surface area contributed by atoms with Crippen LogP contribution in [0.15, 0.2) is 0 Å². The van der Waals surface area contributed by atoms with E-state index in [0.717, 1.165) is 12.5 Å².